The van der Waals surface area contributed by atoms with E-state index in [1.807, 2.05) is 12.5 Å². The van der Waals surface area contributed by atoms with Gasteiger partial charge < -0.3 is 9.13 Å². The Balaban J connectivity index is 2.09. The quantitative estimate of drug-likeness (QED) is 0.734. The van der Waals surface area contributed by atoms with E-state index in [1.54, 1.807) is 6.20 Å². The van der Waals surface area contributed by atoms with Gasteiger partial charge in [-0.25, -0.2) is 9.97 Å². The molecule has 4 heteroatoms. The first-order chi connectivity index (χ1) is 10.2. The Kier molecular flexibility index (Phi) is 3.60. The fourth-order valence-electron chi connectivity index (χ4n) is 2.82. The molecule has 0 amide bonds. The van der Waals surface area contributed by atoms with Gasteiger partial charge in [0, 0.05) is 24.5 Å². The van der Waals surface area contributed by atoms with Crippen LogP contribution in [0.1, 0.15) is 24.0 Å². The van der Waals surface area contributed by atoms with E-state index in [1.165, 1.54) is 16.8 Å². The van der Waals surface area contributed by atoms with Gasteiger partial charge in [0.05, 0.1) is 24.3 Å². The predicted octanol–water partition coefficient (Wildman–Crippen LogP) is 3.43. The van der Waals surface area contributed by atoms with Crippen molar-refractivity contribution in [3.05, 3.63) is 60.1 Å². The van der Waals surface area contributed by atoms with Crippen LogP contribution in [-0.2, 0) is 13.1 Å². The summed E-state index contributed by atoms with van der Waals surface area (Å²) in [5, 5.41) is 0. The van der Waals surface area contributed by atoms with E-state index >= 15 is 0 Å². The standard InChI is InChI=1S/C17H20N4/c1-4-21-16(11-20-10-9-18-12-20)19-14(3)17(21)15-8-6-5-7-13(15)2/h5-10,12H,4,11H2,1-3H3. The van der Waals surface area contributed by atoms with Gasteiger partial charge in [0.25, 0.3) is 0 Å². The van der Waals surface area contributed by atoms with Crippen LogP contribution in [0, 0.1) is 13.8 Å². The van der Waals surface area contributed by atoms with E-state index in [9.17, 15) is 0 Å². The lowest BCUT2D eigenvalue weighted by molar-refractivity contribution is 0.655. The van der Waals surface area contributed by atoms with Gasteiger partial charge in [-0.15, -0.1) is 0 Å². The van der Waals surface area contributed by atoms with Crippen LogP contribution >= 0.6 is 0 Å². The highest BCUT2D eigenvalue weighted by Crippen LogP contribution is 2.28. The van der Waals surface area contributed by atoms with E-state index in [-0.39, 0.29) is 0 Å². The van der Waals surface area contributed by atoms with Crippen LogP contribution in [0.15, 0.2) is 43.0 Å². The van der Waals surface area contributed by atoms with Crippen LogP contribution in [0.5, 0.6) is 0 Å². The van der Waals surface area contributed by atoms with Gasteiger partial charge in [-0.2, -0.15) is 0 Å². The summed E-state index contributed by atoms with van der Waals surface area (Å²) in [6.07, 6.45) is 5.60. The Hall–Kier alpha value is -2.36. The van der Waals surface area contributed by atoms with E-state index in [0.29, 0.717) is 0 Å². The monoisotopic (exact) mass is 280 g/mol. The Morgan fingerprint density at radius 3 is 2.62 bits per heavy atom. The molecule has 0 bridgehead atoms. The SMILES string of the molecule is CCn1c(Cn2ccnc2)nc(C)c1-c1ccccc1C. The molecule has 0 aliphatic carbocycles. The van der Waals surface area contributed by atoms with Crippen molar-refractivity contribution in [1.29, 1.82) is 0 Å². The molecule has 0 atom stereocenters. The molecule has 0 unspecified atom stereocenters. The smallest absolute Gasteiger partial charge is 0.129 e. The molecule has 3 rings (SSSR count). The average molecular weight is 280 g/mol. The first kappa shape index (κ1) is 13.6. The van der Waals surface area contributed by atoms with Crippen LogP contribution in [0.4, 0.5) is 0 Å². The van der Waals surface area contributed by atoms with Crippen molar-refractivity contribution in [2.24, 2.45) is 0 Å². The first-order valence-electron chi connectivity index (χ1n) is 7.28. The minimum absolute atomic E-state index is 0.751. The zero-order chi connectivity index (χ0) is 14.8. The van der Waals surface area contributed by atoms with Crippen molar-refractivity contribution in [3.8, 4) is 11.3 Å². The highest BCUT2D eigenvalue weighted by Gasteiger charge is 2.16. The average Bonchev–Trinajstić information content (AvgIpc) is 3.08. The Bertz CT molecular complexity index is 738. The maximum absolute atomic E-state index is 4.79. The minimum atomic E-state index is 0.751. The third kappa shape index (κ3) is 2.49. The predicted molar refractivity (Wildman–Crippen MR) is 84.1 cm³/mol. The molecule has 0 radical (unpaired) electrons. The molecular formula is C17H20N4. The number of aromatic nitrogens is 4. The number of imidazole rings is 2. The minimum Gasteiger partial charge on any atom is -0.330 e. The summed E-state index contributed by atoms with van der Waals surface area (Å²) >= 11 is 0. The van der Waals surface area contributed by atoms with Gasteiger partial charge in [-0.3, -0.25) is 0 Å². The van der Waals surface area contributed by atoms with Gasteiger partial charge >= 0.3 is 0 Å². The zero-order valence-corrected chi connectivity index (χ0v) is 12.7. The summed E-state index contributed by atoms with van der Waals surface area (Å²) in [7, 11) is 0. The summed E-state index contributed by atoms with van der Waals surface area (Å²) in [4.78, 5) is 8.89. The van der Waals surface area contributed by atoms with Crippen LogP contribution in [0.25, 0.3) is 11.3 Å². The second-order valence-electron chi connectivity index (χ2n) is 5.26. The van der Waals surface area contributed by atoms with Crippen LogP contribution in [-0.4, -0.2) is 19.1 Å². The molecule has 1 aromatic carbocycles. The molecule has 21 heavy (non-hydrogen) atoms. The van der Waals surface area contributed by atoms with Crippen LogP contribution in [0.3, 0.4) is 0 Å². The summed E-state index contributed by atoms with van der Waals surface area (Å²) in [6, 6.07) is 8.49. The van der Waals surface area contributed by atoms with Crippen molar-refractivity contribution >= 4 is 0 Å². The molecule has 0 N–H and O–H groups in total. The summed E-state index contributed by atoms with van der Waals surface area (Å²) < 4.78 is 4.35. The third-order valence-corrected chi connectivity index (χ3v) is 3.82. The van der Waals surface area contributed by atoms with Crippen molar-refractivity contribution in [2.45, 2.75) is 33.9 Å². The molecule has 0 saturated heterocycles. The lowest BCUT2D eigenvalue weighted by Gasteiger charge is -2.12. The Morgan fingerprint density at radius 1 is 1.14 bits per heavy atom. The van der Waals surface area contributed by atoms with Gasteiger partial charge in [0.1, 0.15) is 5.82 Å². The summed E-state index contributed by atoms with van der Waals surface area (Å²) in [5.74, 6) is 1.08. The molecule has 3 aromatic rings. The maximum Gasteiger partial charge on any atom is 0.129 e. The van der Waals surface area contributed by atoms with Gasteiger partial charge in [-0.05, 0) is 26.3 Å². The van der Waals surface area contributed by atoms with Gasteiger partial charge in [0.2, 0.25) is 0 Å². The second-order valence-corrected chi connectivity index (χ2v) is 5.26. The molecule has 2 heterocycles. The summed E-state index contributed by atoms with van der Waals surface area (Å²) in [6.45, 7) is 8.07. The normalized spacial score (nSPS) is 11.0. The van der Waals surface area contributed by atoms with Crippen LogP contribution < -0.4 is 0 Å². The number of hydrogen-bond donors (Lipinski definition) is 0. The van der Waals surface area contributed by atoms with E-state index in [0.717, 1.165) is 24.6 Å². The number of rotatable bonds is 4. The van der Waals surface area contributed by atoms with Crippen molar-refractivity contribution < 1.29 is 0 Å². The highest BCUT2D eigenvalue weighted by atomic mass is 15.1. The lowest BCUT2D eigenvalue weighted by Crippen LogP contribution is -2.08. The van der Waals surface area contributed by atoms with Crippen molar-refractivity contribution in [1.82, 2.24) is 19.1 Å². The number of benzene rings is 1. The van der Waals surface area contributed by atoms with E-state index in [2.05, 4.69) is 59.2 Å². The molecule has 0 spiro atoms. The molecule has 2 aromatic heterocycles. The Morgan fingerprint density at radius 2 is 1.95 bits per heavy atom. The molecule has 0 saturated carbocycles. The van der Waals surface area contributed by atoms with Gasteiger partial charge in [0.15, 0.2) is 0 Å². The fraction of sp³-hybridized carbons (Fsp3) is 0.294. The third-order valence-electron chi connectivity index (χ3n) is 3.82. The first-order valence-corrected chi connectivity index (χ1v) is 7.28. The zero-order valence-electron chi connectivity index (χ0n) is 12.7. The summed E-state index contributed by atoms with van der Waals surface area (Å²) in [5.41, 5.74) is 4.86. The maximum atomic E-state index is 4.79. The van der Waals surface area contributed by atoms with Crippen molar-refractivity contribution in [3.63, 3.8) is 0 Å². The largest absolute Gasteiger partial charge is 0.330 e. The topological polar surface area (TPSA) is 35.6 Å². The van der Waals surface area contributed by atoms with E-state index < -0.39 is 0 Å². The number of hydrogen-bond acceptors (Lipinski definition) is 2. The molecule has 108 valence electrons. The molecular weight excluding hydrogens is 260 g/mol. The van der Waals surface area contributed by atoms with Crippen molar-refractivity contribution in [2.75, 3.05) is 0 Å². The second kappa shape index (κ2) is 5.56. The molecule has 0 fully saturated rings. The van der Waals surface area contributed by atoms with Gasteiger partial charge in [-0.1, -0.05) is 24.3 Å². The highest BCUT2D eigenvalue weighted by molar-refractivity contribution is 5.66. The molecule has 0 aliphatic rings. The lowest BCUT2D eigenvalue weighted by atomic mass is 10.0. The Labute approximate surface area is 125 Å². The van der Waals surface area contributed by atoms with E-state index in [4.69, 9.17) is 4.98 Å². The molecule has 4 nitrogen and oxygen atoms in total. The number of nitrogens with zero attached hydrogens (tertiary/aromatic N) is 4. The number of aryl methyl sites for hydroxylation is 2. The molecule has 0 aliphatic heterocycles. The van der Waals surface area contributed by atoms with Crippen LogP contribution in [0.2, 0.25) is 0 Å². The fourth-order valence-corrected chi connectivity index (χ4v) is 2.82.